The Hall–Kier alpha value is -3.35. The molecule has 1 aliphatic carbocycles. The Kier molecular flexibility index (Phi) is 5.79. The van der Waals surface area contributed by atoms with Crippen LogP contribution in [-0.2, 0) is 15.0 Å². The Morgan fingerprint density at radius 3 is 2.64 bits per heavy atom. The van der Waals surface area contributed by atoms with Gasteiger partial charge in [-0.3, -0.25) is 14.7 Å². The Morgan fingerprint density at radius 1 is 1.09 bits per heavy atom. The van der Waals surface area contributed by atoms with E-state index < -0.39 is 11.5 Å². The number of ether oxygens (including phenoxy) is 1. The Morgan fingerprint density at radius 2 is 1.88 bits per heavy atom. The molecule has 0 unspecified atom stereocenters. The highest BCUT2D eigenvalue weighted by Crippen LogP contribution is 2.43. The van der Waals surface area contributed by atoms with Gasteiger partial charge in [0.05, 0.1) is 29.9 Å². The molecule has 0 spiro atoms. The van der Waals surface area contributed by atoms with Crippen LogP contribution in [0.25, 0.3) is 10.9 Å². The maximum Gasteiger partial charge on any atom is 0.247 e. The van der Waals surface area contributed by atoms with Gasteiger partial charge in [0.15, 0.2) is 0 Å². The predicted octanol–water partition coefficient (Wildman–Crippen LogP) is 4.40. The summed E-state index contributed by atoms with van der Waals surface area (Å²) in [6.45, 7) is 0.616. The minimum absolute atomic E-state index is 0.0894. The number of benzene rings is 2. The molecular formula is C26H30N4O3. The molecule has 3 aromatic rings. The molecule has 1 aliphatic heterocycles. The van der Waals surface area contributed by atoms with Crippen molar-refractivity contribution >= 4 is 28.4 Å². The topological polar surface area (TPSA) is 87.3 Å². The molecule has 2 amide bonds. The fourth-order valence-electron chi connectivity index (χ4n) is 5.54. The monoisotopic (exact) mass is 446 g/mol. The van der Waals surface area contributed by atoms with E-state index in [0.29, 0.717) is 18.7 Å². The molecule has 172 valence electrons. The summed E-state index contributed by atoms with van der Waals surface area (Å²) in [5, 5.41) is 10.9. The summed E-state index contributed by atoms with van der Waals surface area (Å²) in [4.78, 5) is 29.3. The second kappa shape index (κ2) is 8.89. The van der Waals surface area contributed by atoms with E-state index in [1.54, 1.807) is 13.3 Å². The standard InChI is InChI=1S/C26H30N4O3/c1-33-19-12-10-18(11-13-19)26(14-3-2-4-15-26)25(32)30-16-6-9-23(30)24(31)28-21-7-5-8-22-20(21)17-27-29-22/h5,7-8,10-13,17,23H,2-4,6,9,14-16H2,1H3,(H,27,29)(H,28,31)/t23-/m1/s1. The summed E-state index contributed by atoms with van der Waals surface area (Å²) >= 11 is 0. The zero-order valence-electron chi connectivity index (χ0n) is 19.0. The quantitative estimate of drug-likeness (QED) is 0.608. The van der Waals surface area contributed by atoms with E-state index in [1.165, 1.54) is 0 Å². The molecule has 2 heterocycles. The van der Waals surface area contributed by atoms with Gasteiger partial charge < -0.3 is 15.0 Å². The summed E-state index contributed by atoms with van der Waals surface area (Å²) in [6, 6.07) is 13.1. The van der Waals surface area contributed by atoms with Crippen LogP contribution in [0.15, 0.2) is 48.7 Å². The van der Waals surface area contributed by atoms with E-state index in [2.05, 4.69) is 15.5 Å². The first-order chi connectivity index (χ1) is 16.1. The average Bonchev–Trinajstić information content (AvgIpc) is 3.54. The number of H-pyrrole nitrogens is 1. The smallest absolute Gasteiger partial charge is 0.247 e. The molecule has 0 bridgehead atoms. The van der Waals surface area contributed by atoms with Crippen LogP contribution >= 0.6 is 0 Å². The van der Waals surface area contributed by atoms with Crippen LogP contribution < -0.4 is 10.1 Å². The zero-order valence-corrected chi connectivity index (χ0v) is 19.0. The lowest BCUT2D eigenvalue weighted by atomic mass is 9.68. The van der Waals surface area contributed by atoms with E-state index in [1.807, 2.05) is 47.4 Å². The van der Waals surface area contributed by atoms with Gasteiger partial charge in [-0.25, -0.2) is 0 Å². The maximum atomic E-state index is 14.1. The molecule has 5 rings (SSSR count). The summed E-state index contributed by atoms with van der Waals surface area (Å²) < 4.78 is 5.32. The molecule has 0 radical (unpaired) electrons. The van der Waals surface area contributed by atoms with Crippen molar-refractivity contribution in [1.82, 2.24) is 15.1 Å². The average molecular weight is 447 g/mol. The lowest BCUT2D eigenvalue weighted by Gasteiger charge is -2.40. The van der Waals surface area contributed by atoms with Gasteiger partial charge in [-0.05, 0) is 55.5 Å². The van der Waals surface area contributed by atoms with Gasteiger partial charge in [-0.15, -0.1) is 0 Å². The predicted molar refractivity (Wildman–Crippen MR) is 127 cm³/mol. The molecule has 1 aromatic heterocycles. The Bertz CT molecular complexity index is 1150. The highest BCUT2D eigenvalue weighted by Gasteiger charge is 2.47. The molecule has 33 heavy (non-hydrogen) atoms. The van der Waals surface area contributed by atoms with Crippen molar-refractivity contribution in [3.05, 3.63) is 54.2 Å². The molecule has 2 fully saturated rings. The Labute approximate surface area is 193 Å². The van der Waals surface area contributed by atoms with Crippen molar-refractivity contribution in [3.8, 4) is 5.75 Å². The number of fused-ring (bicyclic) bond motifs is 1. The fraction of sp³-hybridized carbons (Fsp3) is 0.423. The van der Waals surface area contributed by atoms with Crippen LogP contribution in [0, 0.1) is 0 Å². The van der Waals surface area contributed by atoms with Crippen molar-refractivity contribution in [2.45, 2.75) is 56.4 Å². The lowest BCUT2D eigenvalue weighted by molar-refractivity contribution is -0.143. The SMILES string of the molecule is COc1ccc(C2(C(=O)N3CCC[C@@H]3C(=O)Nc3cccc4[nH]ncc34)CCCCC2)cc1. The summed E-state index contributed by atoms with van der Waals surface area (Å²) in [5.41, 5.74) is 2.04. The number of rotatable bonds is 5. The molecule has 2 N–H and O–H groups in total. The minimum Gasteiger partial charge on any atom is -0.497 e. The second-order valence-electron chi connectivity index (χ2n) is 9.15. The van der Waals surface area contributed by atoms with Crippen molar-refractivity contribution in [1.29, 1.82) is 0 Å². The van der Waals surface area contributed by atoms with Crippen molar-refractivity contribution in [2.24, 2.45) is 0 Å². The van der Waals surface area contributed by atoms with Gasteiger partial charge >= 0.3 is 0 Å². The maximum absolute atomic E-state index is 14.1. The van der Waals surface area contributed by atoms with Gasteiger partial charge in [-0.1, -0.05) is 37.5 Å². The van der Waals surface area contributed by atoms with Crippen LogP contribution in [0.5, 0.6) is 5.75 Å². The number of anilines is 1. The molecule has 2 aromatic carbocycles. The van der Waals surface area contributed by atoms with Gasteiger partial charge in [0.2, 0.25) is 11.8 Å². The number of aromatic nitrogens is 2. The fourth-order valence-corrected chi connectivity index (χ4v) is 5.54. The first-order valence-corrected chi connectivity index (χ1v) is 11.8. The van der Waals surface area contributed by atoms with Crippen molar-refractivity contribution in [3.63, 3.8) is 0 Å². The number of hydrogen-bond acceptors (Lipinski definition) is 4. The molecule has 1 atom stereocenters. The van der Waals surface area contributed by atoms with Gasteiger partial charge in [0.1, 0.15) is 11.8 Å². The van der Waals surface area contributed by atoms with E-state index in [-0.39, 0.29) is 11.8 Å². The second-order valence-corrected chi connectivity index (χ2v) is 9.15. The number of nitrogens with zero attached hydrogens (tertiary/aromatic N) is 2. The first-order valence-electron chi connectivity index (χ1n) is 11.8. The number of carbonyl (C=O) groups excluding carboxylic acids is 2. The third-order valence-electron chi connectivity index (χ3n) is 7.32. The summed E-state index contributed by atoms with van der Waals surface area (Å²) in [7, 11) is 1.65. The highest BCUT2D eigenvalue weighted by molar-refractivity contribution is 6.04. The number of methoxy groups -OCH3 is 1. The van der Waals surface area contributed by atoms with Crippen LogP contribution in [0.4, 0.5) is 5.69 Å². The van der Waals surface area contributed by atoms with E-state index >= 15 is 0 Å². The molecule has 1 saturated heterocycles. The van der Waals surface area contributed by atoms with Crippen LogP contribution in [-0.4, -0.2) is 46.6 Å². The largest absolute Gasteiger partial charge is 0.497 e. The molecule has 1 saturated carbocycles. The molecule has 2 aliphatic rings. The number of hydrogen-bond donors (Lipinski definition) is 2. The summed E-state index contributed by atoms with van der Waals surface area (Å²) in [6.07, 6.45) is 8.04. The van der Waals surface area contributed by atoms with Gasteiger partial charge in [0.25, 0.3) is 0 Å². The van der Waals surface area contributed by atoms with Crippen LogP contribution in [0.2, 0.25) is 0 Å². The van der Waals surface area contributed by atoms with Gasteiger partial charge in [0, 0.05) is 11.9 Å². The third-order valence-corrected chi connectivity index (χ3v) is 7.32. The van der Waals surface area contributed by atoms with Crippen LogP contribution in [0.3, 0.4) is 0 Å². The number of amides is 2. The van der Waals surface area contributed by atoms with E-state index in [0.717, 1.165) is 60.7 Å². The lowest BCUT2D eigenvalue weighted by Crippen LogP contribution is -2.52. The molecule has 7 nitrogen and oxygen atoms in total. The zero-order chi connectivity index (χ0) is 22.8. The number of carbonyl (C=O) groups is 2. The highest BCUT2D eigenvalue weighted by atomic mass is 16.5. The Balaban J connectivity index is 1.41. The van der Waals surface area contributed by atoms with Crippen molar-refractivity contribution < 1.29 is 14.3 Å². The number of likely N-dealkylation sites (tertiary alicyclic amines) is 1. The number of nitrogens with one attached hydrogen (secondary N) is 2. The third kappa shape index (κ3) is 3.86. The van der Waals surface area contributed by atoms with E-state index in [4.69, 9.17) is 4.74 Å². The van der Waals surface area contributed by atoms with E-state index in [9.17, 15) is 9.59 Å². The van der Waals surface area contributed by atoms with Crippen LogP contribution in [0.1, 0.15) is 50.5 Å². The number of aromatic amines is 1. The minimum atomic E-state index is -0.571. The van der Waals surface area contributed by atoms with Gasteiger partial charge in [-0.2, -0.15) is 5.10 Å². The summed E-state index contributed by atoms with van der Waals surface area (Å²) in [5.74, 6) is 0.741. The molecular weight excluding hydrogens is 416 g/mol. The first kappa shape index (κ1) is 21.5. The molecule has 7 heteroatoms. The van der Waals surface area contributed by atoms with Crippen molar-refractivity contribution in [2.75, 3.05) is 19.0 Å². The normalized spacial score (nSPS) is 20.0.